The first-order valence-electron chi connectivity index (χ1n) is 4.56. The molecule has 4 heteroatoms. The number of nitrogen functional groups attached to an aromatic ring is 1. The van der Waals surface area contributed by atoms with E-state index < -0.39 is 0 Å². The molecule has 1 aromatic heterocycles. The Morgan fingerprint density at radius 2 is 2.13 bits per heavy atom. The fraction of sp³-hybridized carbons (Fsp3) is 0.0909. The van der Waals surface area contributed by atoms with E-state index in [9.17, 15) is 0 Å². The third-order valence-electron chi connectivity index (χ3n) is 2.05. The second kappa shape index (κ2) is 3.96. The minimum Gasteiger partial charge on any atom is -0.437 e. The third kappa shape index (κ3) is 2.04. The van der Waals surface area contributed by atoms with E-state index in [2.05, 4.69) is 9.97 Å². The van der Waals surface area contributed by atoms with Crippen LogP contribution < -0.4 is 10.5 Å². The van der Waals surface area contributed by atoms with Crippen LogP contribution in [0.5, 0.6) is 11.6 Å². The van der Waals surface area contributed by atoms with Gasteiger partial charge in [0.15, 0.2) is 5.75 Å². The van der Waals surface area contributed by atoms with E-state index in [0.29, 0.717) is 17.3 Å². The molecule has 0 spiro atoms. The Morgan fingerprint density at radius 3 is 2.87 bits per heavy atom. The van der Waals surface area contributed by atoms with E-state index in [1.165, 1.54) is 6.33 Å². The Bertz CT molecular complexity index is 457. The first-order valence-corrected chi connectivity index (χ1v) is 4.56. The van der Waals surface area contributed by atoms with Crippen LogP contribution in [0.4, 0.5) is 5.69 Å². The van der Waals surface area contributed by atoms with E-state index in [4.69, 9.17) is 10.5 Å². The number of ether oxygens (including phenoxy) is 1. The van der Waals surface area contributed by atoms with Crippen molar-refractivity contribution in [3.8, 4) is 11.6 Å². The molecule has 76 valence electrons. The van der Waals surface area contributed by atoms with Crippen LogP contribution in [0.25, 0.3) is 0 Å². The number of anilines is 1. The van der Waals surface area contributed by atoms with Gasteiger partial charge < -0.3 is 10.5 Å². The molecule has 0 bridgehead atoms. The van der Waals surface area contributed by atoms with Crippen molar-refractivity contribution in [2.75, 3.05) is 5.73 Å². The van der Waals surface area contributed by atoms with Gasteiger partial charge in [0, 0.05) is 12.3 Å². The van der Waals surface area contributed by atoms with Gasteiger partial charge >= 0.3 is 0 Å². The average Bonchev–Trinajstić information content (AvgIpc) is 2.26. The summed E-state index contributed by atoms with van der Waals surface area (Å²) in [7, 11) is 0. The lowest BCUT2D eigenvalue weighted by atomic mass is 10.2. The van der Waals surface area contributed by atoms with Crippen LogP contribution >= 0.6 is 0 Å². The van der Waals surface area contributed by atoms with Gasteiger partial charge in [0.05, 0.1) is 5.69 Å². The number of hydrogen-bond donors (Lipinski definition) is 1. The van der Waals surface area contributed by atoms with Crippen LogP contribution in [0.1, 0.15) is 5.56 Å². The molecule has 0 aliphatic rings. The van der Waals surface area contributed by atoms with Crippen molar-refractivity contribution in [3.05, 3.63) is 42.4 Å². The van der Waals surface area contributed by atoms with Gasteiger partial charge in [-0.25, -0.2) is 9.97 Å². The molecule has 2 rings (SSSR count). The second-order valence-electron chi connectivity index (χ2n) is 3.14. The molecule has 15 heavy (non-hydrogen) atoms. The topological polar surface area (TPSA) is 61.0 Å². The second-order valence-corrected chi connectivity index (χ2v) is 3.14. The van der Waals surface area contributed by atoms with Crippen molar-refractivity contribution in [3.63, 3.8) is 0 Å². The highest BCUT2D eigenvalue weighted by Crippen LogP contribution is 2.27. The van der Waals surface area contributed by atoms with E-state index in [1.807, 2.05) is 25.1 Å². The normalized spacial score (nSPS) is 9.93. The van der Waals surface area contributed by atoms with Crippen LogP contribution in [-0.2, 0) is 0 Å². The minimum atomic E-state index is 0.488. The van der Waals surface area contributed by atoms with Crippen LogP contribution in [0.3, 0.4) is 0 Å². The lowest BCUT2D eigenvalue weighted by Crippen LogP contribution is -1.95. The summed E-state index contributed by atoms with van der Waals surface area (Å²) in [6, 6.07) is 7.32. The minimum absolute atomic E-state index is 0.488. The number of hydrogen-bond acceptors (Lipinski definition) is 4. The number of nitrogens with two attached hydrogens (primary N) is 1. The molecule has 0 atom stereocenters. The summed E-state index contributed by atoms with van der Waals surface area (Å²) in [4.78, 5) is 7.76. The number of aryl methyl sites for hydroxylation is 1. The average molecular weight is 201 g/mol. The van der Waals surface area contributed by atoms with Gasteiger partial charge in [0.1, 0.15) is 6.33 Å². The largest absolute Gasteiger partial charge is 0.437 e. The highest BCUT2D eigenvalue weighted by Gasteiger charge is 2.03. The number of aromatic nitrogens is 2. The summed E-state index contributed by atoms with van der Waals surface area (Å²) >= 11 is 0. The predicted molar refractivity (Wildman–Crippen MR) is 57.7 cm³/mol. The molecule has 0 unspecified atom stereocenters. The molecule has 0 radical (unpaired) electrons. The zero-order chi connectivity index (χ0) is 10.7. The highest BCUT2D eigenvalue weighted by atomic mass is 16.5. The van der Waals surface area contributed by atoms with Crippen LogP contribution in [0.15, 0.2) is 36.8 Å². The van der Waals surface area contributed by atoms with Crippen molar-refractivity contribution in [1.82, 2.24) is 9.97 Å². The zero-order valence-electron chi connectivity index (χ0n) is 8.34. The summed E-state index contributed by atoms with van der Waals surface area (Å²) in [6.07, 6.45) is 3.05. The van der Waals surface area contributed by atoms with E-state index in [1.54, 1.807) is 12.3 Å². The SMILES string of the molecule is Cc1cccc(Oc2ccncn2)c1N. The van der Waals surface area contributed by atoms with Crippen LogP contribution in [-0.4, -0.2) is 9.97 Å². The van der Waals surface area contributed by atoms with Crippen LogP contribution in [0, 0.1) is 6.92 Å². The van der Waals surface area contributed by atoms with Gasteiger partial charge in [-0.2, -0.15) is 0 Å². The van der Waals surface area contributed by atoms with Crippen molar-refractivity contribution in [2.24, 2.45) is 0 Å². The maximum absolute atomic E-state index is 5.86. The summed E-state index contributed by atoms with van der Waals surface area (Å²) in [5, 5.41) is 0. The summed E-state index contributed by atoms with van der Waals surface area (Å²) in [5.41, 5.74) is 7.48. The Kier molecular flexibility index (Phi) is 2.49. The predicted octanol–water partition coefficient (Wildman–Crippen LogP) is 2.16. The van der Waals surface area contributed by atoms with Crippen molar-refractivity contribution < 1.29 is 4.74 Å². The first-order chi connectivity index (χ1) is 7.27. The van der Waals surface area contributed by atoms with Gasteiger partial charge in [-0.15, -0.1) is 0 Å². The maximum Gasteiger partial charge on any atom is 0.222 e. The van der Waals surface area contributed by atoms with Gasteiger partial charge in [-0.1, -0.05) is 12.1 Å². The molecular weight excluding hydrogens is 190 g/mol. The van der Waals surface area contributed by atoms with E-state index in [-0.39, 0.29) is 0 Å². The Morgan fingerprint density at radius 1 is 1.27 bits per heavy atom. The van der Waals surface area contributed by atoms with Gasteiger partial charge in [-0.3, -0.25) is 0 Å². The number of nitrogens with zero attached hydrogens (tertiary/aromatic N) is 2. The molecule has 2 N–H and O–H groups in total. The fourth-order valence-electron chi connectivity index (χ4n) is 1.19. The molecule has 0 aliphatic heterocycles. The zero-order valence-corrected chi connectivity index (χ0v) is 8.34. The quantitative estimate of drug-likeness (QED) is 0.756. The summed E-state index contributed by atoms with van der Waals surface area (Å²) < 4.78 is 5.51. The maximum atomic E-state index is 5.86. The highest BCUT2D eigenvalue weighted by molar-refractivity contribution is 5.58. The first kappa shape index (κ1) is 9.45. The van der Waals surface area contributed by atoms with Gasteiger partial charge in [0.2, 0.25) is 5.88 Å². The number of benzene rings is 1. The van der Waals surface area contributed by atoms with E-state index in [0.717, 1.165) is 5.56 Å². The fourth-order valence-corrected chi connectivity index (χ4v) is 1.19. The molecule has 0 fully saturated rings. The summed E-state index contributed by atoms with van der Waals surface area (Å²) in [5.74, 6) is 1.11. The Labute approximate surface area is 87.7 Å². The van der Waals surface area contributed by atoms with Gasteiger partial charge in [0.25, 0.3) is 0 Å². The van der Waals surface area contributed by atoms with Crippen LogP contribution in [0.2, 0.25) is 0 Å². The lowest BCUT2D eigenvalue weighted by molar-refractivity contribution is 0.463. The third-order valence-corrected chi connectivity index (χ3v) is 2.05. The molecule has 0 aliphatic carbocycles. The smallest absolute Gasteiger partial charge is 0.222 e. The van der Waals surface area contributed by atoms with Crippen molar-refractivity contribution >= 4 is 5.69 Å². The molecule has 0 amide bonds. The lowest BCUT2D eigenvalue weighted by Gasteiger charge is -2.08. The molecular formula is C11H11N3O. The monoisotopic (exact) mass is 201 g/mol. The molecule has 1 heterocycles. The molecule has 0 saturated carbocycles. The summed E-state index contributed by atoms with van der Waals surface area (Å²) in [6.45, 7) is 1.93. The number of rotatable bonds is 2. The molecule has 0 saturated heterocycles. The molecule has 1 aromatic carbocycles. The molecule has 4 nitrogen and oxygen atoms in total. The Hall–Kier alpha value is -2.10. The van der Waals surface area contributed by atoms with E-state index >= 15 is 0 Å². The van der Waals surface area contributed by atoms with Crippen molar-refractivity contribution in [2.45, 2.75) is 6.92 Å². The molecule has 2 aromatic rings. The standard InChI is InChI=1S/C11H11N3O/c1-8-3-2-4-9(11(8)12)15-10-5-6-13-7-14-10/h2-7H,12H2,1H3. The van der Waals surface area contributed by atoms with Crippen molar-refractivity contribution in [1.29, 1.82) is 0 Å². The van der Waals surface area contributed by atoms with Gasteiger partial charge in [-0.05, 0) is 18.6 Å². The number of para-hydroxylation sites is 1. The Balaban J connectivity index is 2.29.